The molecule has 100 valence electrons. The van der Waals surface area contributed by atoms with E-state index in [1.165, 1.54) is 5.57 Å². The van der Waals surface area contributed by atoms with Gasteiger partial charge in [-0.25, -0.2) is 4.99 Å². The lowest BCUT2D eigenvalue weighted by atomic mass is 9.93. The molecule has 0 amide bonds. The highest BCUT2D eigenvalue weighted by molar-refractivity contribution is 6.48. The van der Waals surface area contributed by atoms with Crippen LogP contribution in [0, 0.1) is 0 Å². The van der Waals surface area contributed by atoms with E-state index in [1.807, 2.05) is 30.4 Å². The molecule has 0 aromatic rings. The maximum absolute atomic E-state index is 6.54. The van der Waals surface area contributed by atoms with Gasteiger partial charge in [-0.3, -0.25) is 0 Å². The number of methoxy groups -OCH3 is 1. The van der Waals surface area contributed by atoms with Crippen molar-refractivity contribution < 1.29 is 4.74 Å². The molecule has 0 spiro atoms. The molecule has 2 heterocycles. The minimum Gasteiger partial charge on any atom is -0.501 e. The molecule has 0 saturated carbocycles. The van der Waals surface area contributed by atoms with Crippen molar-refractivity contribution in [2.24, 2.45) is 4.99 Å². The van der Waals surface area contributed by atoms with Crippen LogP contribution >= 0.6 is 11.6 Å². The third-order valence-electron chi connectivity index (χ3n) is 3.91. The van der Waals surface area contributed by atoms with E-state index < -0.39 is 0 Å². The van der Waals surface area contributed by atoms with Gasteiger partial charge in [0.05, 0.1) is 29.6 Å². The number of ether oxygens (including phenoxy) is 1. The van der Waals surface area contributed by atoms with Gasteiger partial charge in [0.15, 0.2) is 0 Å². The topological polar surface area (TPSA) is 33.6 Å². The Balaban J connectivity index is 1.84. The molecule has 0 saturated heterocycles. The highest BCUT2D eigenvalue weighted by Gasteiger charge is 2.34. The van der Waals surface area contributed by atoms with Gasteiger partial charge in [-0.05, 0) is 17.7 Å². The number of nitrogens with zero attached hydrogens (tertiary/aromatic N) is 1. The van der Waals surface area contributed by atoms with E-state index in [2.05, 4.69) is 16.4 Å². The summed E-state index contributed by atoms with van der Waals surface area (Å²) in [5.74, 6) is 0.944. The number of allylic oxidation sites excluding steroid dienone is 7. The molecular formula is C16H13ClN2O. The Bertz CT molecular complexity index is 717. The zero-order valence-electron chi connectivity index (χ0n) is 11.0. The molecule has 0 radical (unpaired) electrons. The number of hydrogen-bond donors (Lipinski definition) is 1. The fraction of sp³-hybridized carbons (Fsp3) is 0.188. The zero-order chi connectivity index (χ0) is 13.7. The van der Waals surface area contributed by atoms with Crippen LogP contribution in [0.1, 0.15) is 6.42 Å². The molecule has 4 aliphatic rings. The molecule has 4 heteroatoms. The molecule has 4 rings (SSSR count). The monoisotopic (exact) mass is 284 g/mol. The zero-order valence-corrected chi connectivity index (χ0v) is 11.7. The predicted octanol–water partition coefficient (Wildman–Crippen LogP) is 3.10. The second-order valence-electron chi connectivity index (χ2n) is 5.02. The molecule has 0 aromatic carbocycles. The van der Waals surface area contributed by atoms with Crippen molar-refractivity contribution in [3.8, 4) is 0 Å². The molecular weight excluding hydrogens is 272 g/mol. The molecule has 0 bridgehead atoms. The standard InChI is InChI=1S/C16H13ClN2O/c1-20-9-6-7-13-11(8-9)15-16(19-13)14(17)10-4-2-3-5-12(10)18-15/h2-7,12,18H,8H2,1H3. The Labute approximate surface area is 122 Å². The van der Waals surface area contributed by atoms with Crippen molar-refractivity contribution in [1.29, 1.82) is 0 Å². The van der Waals surface area contributed by atoms with E-state index in [4.69, 9.17) is 16.3 Å². The van der Waals surface area contributed by atoms with E-state index >= 15 is 0 Å². The van der Waals surface area contributed by atoms with Crippen LogP contribution in [-0.4, -0.2) is 18.9 Å². The van der Waals surface area contributed by atoms with Crippen LogP contribution in [0.3, 0.4) is 0 Å². The van der Waals surface area contributed by atoms with Gasteiger partial charge in [0.1, 0.15) is 11.5 Å². The number of hydrogen-bond acceptors (Lipinski definition) is 3. The molecule has 0 aromatic heterocycles. The van der Waals surface area contributed by atoms with E-state index in [-0.39, 0.29) is 6.04 Å². The first-order chi connectivity index (χ1) is 9.78. The molecule has 1 unspecified atom stereocenters. The highest BCUT2D eigenvalue weighted by Crippen LogP contribution is 2.39. The van der Waals surface area contributed by atoms with Crippen molar-refractivity contribution in [2.45, 2.75) is 12.5 Å². The van der Waals surface area contributed by atoms with Gasteiger partial charge in [-0.2, -0.15) is 0 Å². The van der Waals surface area contributed by atoms with Crippen molar-refractivity contribution in [3.05, 3.63) is 69.8 Å². The fourth-order valence-electron chi connectivity index (χ4n) is 2.86. The van der Waals surface area contributed by atoms with Gasteiger partial charge < -0.3 is 10.1 Å². The summed E-state index contributed by atoms with van der Waals surface area (Å²) in [5.41, 5.74) is 5.12. The minimum atomic E-state index is 0.130. The van der Waals surface area contributed by atoms with E-state index in [9.17, 15) is 0 Å². The summed E-state index contributed by atoms with van der Waals surface area (Å²) in [7, 11) is 1.70. The van der Waals surface area contributed by atoms with Crippen LogP contribution in [0.2, 0.25) is 0 Å². The summed E-state index contributed by atoms with van der Waals surface area (Å²) >= 11 is 6.54. The summed E-state index contributed by atoms with van der Waals surface area (Å²) in [6.07, 6.45) is 12.9. The molecule has 2 aliphatic heterocycles. The first kappa shape index (κ1) is 11.8. The number of fused-ring (bicyclic) bond motifs is 3. The summed E-state index contributed by atoms with van der Waals surface area (Å²) in [6, 6.07) is 0.130. The maximum atomic E-state index is 6.54. The van der Waals surface area contributed by atoms with Crippen LogP contribution in [0.5, 0.6) is 0 Å². The van der Waals surface area contributed by atoms with E-state index in [0.29, 0.717) is 0 Å². The van der Waals surface area contributed by atoms with Crippen LogP contribution in [0.4, 0.5) is 0 Å². The summed E-state index contributed by atoms with van der Waals surface area (Å²) < 4.78 is 5.35. The summed E-state index contributed by atoms with van der Waals surface area (Å²) in [6.45, 7) is 0. The molecule has 0 fully saturated rings. The first-order valence-electron chi connectivity index (χ1n) is 6.57. The van der Waals surface area contributed by atoms with E-state index in [0.717, 1.165) is 39.9 Å². The Morgan fingerprint density at radius 1 is 1.35 bits per heavy atom. The molecule has 1 atom stereocenters. The fourth-order valence-corrected chi connectivity index (χ4v) is 3.18. The molecule has 20 heavy (non-hydrogen) atoms. The Kier molecular flexibility index (Phi) is 2.51. The molecule has 1 N–H and O–H groups in total. The van der Waals surface area contributed by atoms with Crippen LogP contribution in [-0.2, 0) is 4.74 Å². The van der Waals surface area contributed by atoms with Gasteiger partial charge in [0, 0.05) is 12.0 Å². The average Bonchev–Trinajstić information content (AvgIpc) is 2.86. The second kappa shape index (κ2) is 4.25. The largest absolute Gasteiger partial charge is 0.501 e. The Hall–Kier alpha value is -2.00. The number of halogens is 1. The molecule has 2 aliphatic carbocycles. The third-order valence-corrected chi connectivity index (χ3v) is 4.30. The second-order valence-corrected chi connectivity index (χ2v) is 5.39. The Morgan fingerprint density at radius 2 is 2.25 bits per heavy atom. The van der Waals surface area contributed by atoms with Gasteiger partial charge in [-0.1, -0.05) is 35.9 Å². The smallest absolute Gasteiger partial charge is 0.106 e. The predicted molar refractivity (Wildman–Crippen MR) is 80.3 cm³/mol. The van der Waals surface area contributed by atoms with Gasteiger partial charge in [0.2, 0.25) is 0 Å². The summed E-state index contributed by atoms with van der Waals surface area (Å²) in [5, 5.41) is 4.28. The minimum absolute atomic E-state index is 0.130. The van der Waals surface area contributed by atoms with Gasteiger partial charge in [0.25, 0.3) is 0 Å². The SMILES string of the molecule is COC1=CC=C2N=C3C(Cl)=C4C=CC=CC4NC3=C2C1. The van der Waals surface area contributed by atoms with Crippen molar-refractivity contribution in [1.82, 2.24) is 5.32 Å². The van der Waals surface area contributed by atoms with Gasteiger partial charge >= 0.3 is 0 Å². The summed E-state index contributed by atoms with van der Waals surface area (Å²) in [4.78, 5) is 4.67. The quantitative estimate of drug-likeness (QED) is 0.803. The normalized spacial score (nSPS) is 26.3. The van der Waals surface area contributed by atoms with E-state index in [1.54, 1.807) is 7.11 Å². The first-order valence-corrected chi connectivity index (χ1v) is 6.94. The van der Waals surface area contributed by atoms with Crippen molar-refractivity contribution in [2.75, 3.05) is 7.11 Å². The van der Waals surface area contributed by atoms with Crippen LogP contribution in [0.25, 0.3) is 0 Å². The Morgan fingerprint density at radius 3 is 3.10 bits per heavy atom. The van der Waals surface area contributed by atoms with Crippen LogP contribution < -0.4 is 5.32 Å². The number of rotatable bonds is 1. The lowest BCUT2D eigenvalue weighted by molar-refractivity contribution is 0.282. The number of nitrogens with one attached hydrogen (secondary N) is 1. The van der Waals surface area contributed by atoms with Crippen LogP contribution in [0.15, 0.2) is 74.8 Å². The maximum Gasteiger partial charge on any atom is 0.106 e. The number of aliphatic imine (C=N–C) groups is 1. The highest BCUT2D eigenvalue weighted by atomic mass is 35.5. The third kappa shape index (κ3) is 1.56. The lowest BCUT2D eigenvalue weighted by Crippen LogP contribution is -2.37. The van der Waals surface area contributed by atoms with Gasteiger partial charge in [-0.15, -0.1) is 0 Å². The average molecular weight is 285 g/mol. The van der Waals surface area contributed by atoms with Crippen molar-refractivity contribution >= 4 is 17.3 Å². The molecule has 3 nitrogen and oxygen atoms in total. The van der Waals surface area contributed by atoms with Crippen molar-refractivity contribution in [3.63, 3.8) is 0 Å². The lowest BCUT2D eigenvalue weighted by Gasteiger charge is -2.28.